The summed E-state index contributed by atoms with van der Waals surface area (Å²) in [4.78, 5) is 13.8. The van der Waals surface area contributed by atoms with Gasteiger partial charge in [0.25, 0.3) is 5.91 Å². The van der Waals surface area contributed by atoms with Crippen LogP contribution in [0.1, 0.15) is 64.3 Å². The van der Waals surface area contributed by atoms with E-state index in [2.05, 4.69) is 36.5 Å². The highest BCUT2D eigenvalue weighted by Gasteiger charge is 2.41. The number of allylic oxidation sites excluding steroid dienone is 1. The third kappa shape index (κ3) is 5.19. The van der Waals surface area contributed by atoms with Crippen LogP contribution in [0.3, 0.4) is 0 Å². The van der Waals surface area contributed by atoms with Gasteiger partial charge in [-0.1, -0.05) is 56.5 Å². The molecule has 4 atom stereocenters. The molecule has 0 spiro atoms. The Morgan fingerprint density at radius 2 is 1.91 bits per heavy atom. The van der Waals surface area contributed by atoms with Gasteiger partial charge in [-0.25, -0.2) is 4.68 Å². The molecule has 1 aromatic heterocycles. The number of nitrogens with zero attached hydrogens (tertiary/aromatic N) is 2. The van der Waals surface area contributed by atoms with Crippen LogP contribution in [0.2, 0.25) is 10.0 Å². The fraction of sp³-hybridized carbons (Fsp3) is 0.520. The van der Waals surface area contributed by atoms with Gasteiger partial charge in [0.1, 0.15) is 11.9 Å². The molecule has 0 radical (unpaired) electrons. The maximum Gasteiger partial charge on any atom is 0.435 e. The highest BCUT2D eigenvalue weighted by atomic mass is 35.5. The maximum atomic E-state index is 13.8. The molecule has 35 heavy (non-hydrogen) atoms. The molecular formula is C25H29Cl2F3N4O. The van der Waals surface area contributed by atoms with Crippen LogP contribution in [0.5, 0.6) is 0 Å². The van der Waals surface area contributed by atoms with Gasteiger partial charge in [0.05, 0.1) is 15.6 Å². The second-order valence-corrected chi connectivity index (χ2v) is 10.8. The number of benzene rings is 1. The summed E-state index contributed by atoms with van der Waals surface area (Å²) in [5.41, 5.74) is 0.236. The topological polar surface area (TPSA) is 59.0 Å². The monoisotopic (exact) mass is 528 g/mol. The third-order valence-corrected chi connectivity index (χ3v) is 7.85. The second kappa shape index (κ2) is 9.69. The number of carbonyl (C=O) groups is 1. The second-order valence-electron chi connectivity index (χ2n) is 10.0. The molecule has 1 aliphatic heterocycles. The average molecular weight is 529 g/mol. The van der Waals surface area contributed by atoms with Crippen molar-refractivity contribution in [2.45, 2.75) is 65.2 Å². The molecule has 2 aromatic rings. The number of alkyl halides is 3. The first-order valence-corrected chi connectivity index (χ1v) is 12.5. The van der Waals surface area contributed by atoms with Crippen molar-refractivity contribution in [2.24, 2.45) is 17.8 Å². The van der Waals surface area contributed by atoms with E-state index in [0.717, 1.165) is 25.3 Å². The number of aromatic nitrogens is 2. The van der Waals surface area contributed by atoms with Crippen molar-refractivity contribution < 1.29 is 18.0 Å². The van der Waals surface area contributed by atoms with Gasteiger partial charge >= 0.3 is 6.18 Å². The van der Waals surface area contributed by atoms with E-state index in [0.29, 0.717) is 39.6 Å². The van der Waals surface area contributed by atoms with Crippen molar-refractivity contribution >= 4 is 34.9 Å². The lowest BCUT2D eigenvalue weighted by molar-refractivity contribution is -0.141. The third-order valence-electron chi connectivity index (χ3n) is 7.11. The van der Waals surface area contributed by atoms with E-state index in [4.69, 9.17) is 23.2 Å². The lowest BCUT2D eigenvalue weighted by Crippen LogP contribution is -2.47. The predicted molar refractivity (Wildman–Crippen MR) is 131 cm³/mol. The van der Waals surface area contributed by atoms with E-state index in [1.807, 2.05) is 0 Å². The predicted octanol–water partition coefficient (Wildman–Crippen LogP) is 7.07. The molecule has 1 saturated carbocycles. The fourth-order valence-electron chi connectivity index (χ4n) is 5.31. The first kappa shape index (κ1) is 25.9. The summed E-state index contributed by atoms with van der Waals surface area (Å²) in [6.07, 6.45) is -1.64. The van der Waals surface area contributed by atoms with Crippen molar-refractivity contribution in [3.05, 3.63) is 56.8 Å². The van der Waals surface area contributed by atoms with Gasteiger partial charge in [-0.15, -0.1) is 0 Å². The summed E-state index contributed by atoms with van der Waals surface area (Å²) < 4.78 is 41.7. The minimum Gasteiger partial charge on any atom is -0.349 e. The number of anilines is 1. The van der Waals surface area contributed by atoms with Gasteiger partial charge in [0, 0.05) is 17.8 Å². The van der Waals surface area contributed by atoms with E-state index < -0.39 is 17.9 Å². The highest BCUT2D eigenvalue weighted by Crippen LogP contribution is 2.41. The van der Waals surface area contributed by atoms with Crippen LogP contribution >= 0.6 is 23.2 Å². The summed E-state index contributed by atoms with van der Waals surface area (Å²) in [7, 11) is 0. The lowest BCUT2D eigenvalue weighted by atomic mass is 9.74. The first-order valence-electron chi connectivity index (χ1n) is 11.8. The van der Waals surface area contributed by atoms with Crippen molar-refractivity contribution in [1.82, 2.24) is 15.1 Å². The van der Waals surface area contributed by atoms with Crippen LogP contribution in [0.15, 0.2) is 35.5 Å². The van der Waals surface area contributed by atoms with E-state index >= 15 is 0 Å². The van der Waals surface area contributed by atoms with Crippen LogP contribution in [0.25, 0.3) is 0 Å². The number of halogens is 5. The summed E-state index contributed by atoms with van der Waals surface area (Å²) >= 11 is 12.3. The van der Waals surface area contributed by atoms with Crippen molar-refractivity contribution in [1.29, 1.82) is 0 Å². The Bertz CT molecular complexity index is 1160. The molecular weight excluding hydrogens is 500 g/mol. The number of rotatable bonds is 4. The zero-order chi connectivity index (χ0) is 25.7. The molecule has 2 aliphatic rings. The first-order chi connectivity index (χ1) is 16.4. The normalized spacial score (nSPS) is 24.9. The van der Waals surface area contributed by atoms with E-state index in [9.17, 15) is 18.0 Å². The van der Waals surface area contributed by atoms with Gasteiger partial charge in [-0.3, -0.25) is 4.79 Å². The Hall–Kier alpha value is -2.19. The van der Waals surface area contributed by atoms with Gasteiger partial charge < -0.3 is 10.6 Å². The molecule has 1 amide bonds. The zero-order valence-corrected chi connectivity index (χ0v) is 21.5. The maximum absolute atomic E-state index is 13.8. The fourth-order valence-corrected chi connectivity index (χ4v) is 5.62. The van der Waals surface area contributed by atoms with Crippen molar-refractivity contribution in [3.63, 3.8) is 0 Å². The Kier molecular flexibility index (Phi) is 7.17. The molecule has 190 valence electrons. The van der Waals surface area contributed by atoms with Crippen molar-refractivity contribution in [2.75, 3.05) is 5.32 Å². The van der Waals surface area contributed by atoms with Gasteiger partial charge in [-0.05, 0) is 55.2 Å². The molecule has 5 nitrogen and oxygen atoms in total. The molecule has 0 saturated heterocycles. The van der Waals surface area contributed by atoms with E-state index in [1.165, 1.54) is 4.68 Å². The molecule has 2 N–H and O–H groups in total. The number of carbonyl (C=O) groups excluding carboxylic acids is 1. The number of hydrogen-bond acceptors (Lipinski definition) is 3. The van der Waals surface area contributed by atoms with Gasteiger partial charge in [-0.2, -0.15) is 18.3 Å². The molecule has 4 rings (SSSR count). The molecule has 0 bridgehead atoms. The summed E-state index contributed by atoms with van der Waals surface area (Å²) in [5, 5.41) is 10.6. The van der Waals surface area contributed by atoms with Crippen LogP contribution in [-0.4, -0.2) is 21.7 Å². The number of fused-ring (bicyclic) bond motifs is 1. The zero-order valence-electron chi connectivity index (χ0n) is 20.0. The van der Waals surface area contributed by atoms with Crippen LogP contribution in [0, 0.1) is 17.8 Å². The Labute approximate surface area is 213 Å². The Balaban J connectivity index is 1.77. The minimum atomic E-state index is -4.63. The SMILES string of the molecule is CC1=C(C(=O)N[C@H]2C[C@@H](C)CCC2C(C)C)C(c2ccc(Cl)c(Cl)c2)n2nc(C(F)(F)F)cc2N1. The van der Waals surface area contributed by atoms with E-state index in [-0.39, 0.29) is 22.8 Å². The van der Waals surface area contributed by atoms with E-state index in [1.54, 1.807) is 25.1 Å². The standard InChI is InChI=1S/C25H29Cl2F3N4O/c1-12(2)16-7-5-13(3)9-19(16)32-24(35)22-14(4)31-21-11-20(25(28,29)30)33-34(21)23(22)15-6-8-17(26)18(27)10-15/h6,8,10-13,16,19,23,31H,5,7,9H2,1-4H3,(H,32,35)/t13-,16?,19-,23?/m0/s1. The van der Waals surface area contributed by atoms with Gasteiger partial charge in [0.15, 0.2) is 5.69 Å². The molecule has 2 unspecified atom stereocenters. The largest absolute Gasteiger partial charge is 0.435 e. The summed E-state index contributed by atoms with van der Waals surface area (Å²) in [6, 6.07) is 4.81. The minimum absolute atomic E-state index is 0.0224. The van der Waals surface area contributed by atoms with Crippen LogP contribution < -0.4 is 10.6 Å². The number of hydrogen-bond donors (Lipinski definition) is 2. The molecule has 2 heterocycles. The average Bonchev–Trinajstić information content (AvgIpc) is 3.18. The molecule has 1 aromatic carbocycles. The summed E-state index contributed by atoms with van der Waals surface area (Å²) in [6.45, 7) is 8.17. The smallest absolute Gasteiger partial charge is 0.349 e. The molecule has 10 heteroatoms. The Morgan fingerprint density at radius 1 is 1.20 bits per heavy atom. The number of nitrogens with one attached hydrogen (secondary N) is 2. The van der Waals surface area contributed by atoms with Crippen LogP contribution in [-0.2, 0) is 11.0 Å². The molecule has 1 aliphatic carbocycles. The van der Waals surface area contributed by atoms with Crippen molar-refractivity contribution in [3.8, 4) is 0 Å². The highest BCUT2D eigenvalue weighted by molar-refractivity contribution is 6.42. The van der Waals surface area contributed by atoms with Gasteiger partial charge in [0.2, 0.25) is 0 Å². The Morgan fingerprint density at radius 3 is 2.54 bits per heavy atom. The summed E-state index contributed by atoms with van der Waals surface area (Å²) in [5.74, 6) is 1.02. The quantitative estimate of drug-likeness (QED) is 0.445. The number of amides is 1. The van der Waals surface area contributed by atoms with Crippen LogP contribution in [0.4, 0.5) is 19.0 Å². The lowest BCUT2D eigenvalue weighted by Gasteiger charge is -2.39. The molecule has 1 fully saturated rings.